The number of ether oxygens (including phenoxy) is 1. The van der Waals surface area contributed by atoms with Gasteiger partial charge in [-0.2, -0.15) is 0 Å². The predicted octanol–water partition coefficient (Wildman–Crippen LogP) is 3.80. The lowest BCUT2D eigenvalue weighted by Gasteiger charge is -2.39. The largest absolute Gasteiger partial charge is 0.475 e. The zero-order valence-electron chi connectivity index (χ0n) is 12.6. The molecule has 3 nitrogen and oxygen atoms in total. The fourth-order valence-corrected chi connectivity index (χ4v) is 2.88. The molecule has 0 N–H and O–H groups in total. The second kappa shape index (κ2) is 6.38. The molecule has 0 unspecified atom stereocenters. The summed E-state index contributed by atoms with van der Waals surface area (Å²) in [5.74, 6) is 0.815. The summed E-state index contributed by atoms with van der Waals surface area (Å²) in [6.07, 6.45) is 5.80. The van der Waals surface area contributed by atoms with Crippen molar-refractivity contribution in [1.29, 1.82) is 0 Å². The molecule has 1 aliphatic rings. The highest BCUT2D eigenvalue weighted by Crippen LogP contribution is 2.36. The van der Waals surface area contributed by atoms with Crippen molar-refractivity contribution >= 4 is 0 Å². The van der Waals surface area contributed by atoms with Crippen LogP contribution in [0.15, 0.2) is 18.3 Å². The zero-order chi connectivity index (χ0) is 13.8. The van der Waals surface area contributed by atoms with E-state index >= 15 is 0 Å². The molecule has 0 spiro atoms. The topological polar surface area (TPSA) is 25.4 Å². The molecule has 1 fully saturated rings. The van der Waals surface area contributed by atoms with Gasteiger partial charge >= 0.3 is 0 Å². The maximum Gasteiger partial charge on any atom is 0.218 e. The van der Waals surface area contributed by atoms with E-state index in [4.69, 9.17) is 4.74 Å². The van der Waals surface area contributed by atoms with Crippen LogP contribution in [0.5, 0.6) is 5.88 Å². The molecule has 1 aromatic heterocycles. The number of hydrogen-bond donors (Lipinski definition) is 0. The highest BCUT2D eigenvalue weighted by molar-refractivity contribution is 5.29. The van der Waals surface area contributed by atoms with Gasteiger partial charge in [-0.25, -0.2) is 4.98 Å². The van der Waals surface area contributed by atoms with Gasteiger partial charge in [0.25, 0.3) is 0 Å². The van der Waals surface area contributed by atoms with Crippen molar-refractivity contribution < 1.29 is 4.74 Å². The smallest absolute Gasteiger partial charge is 0.218 e. The fraction of sp³-hybridized carbons (Fsp3) is 0.688. The van der Waals surface area contributed by atoms with Crippen molar-refractivity contribution in [2.24, 2.45) is 0 Å². The second-order valence-corrected chi connectivity index (χ2v) is 5.91. The number of likely N-dealkylation sites (tertiary alicyclic amines) is 1. The maximum atomic E-state index is 5.89. The molecule has 1 aromatic rings. The molecule has 1 atom stereocenters. The molecule has 19 heavy (non-hydrogen) atoms. The lowest BCUT2D eigenvalue weighted by molar-refractivity contribution is 0.107. The lowest BCUT2D eigenvalue weighted by atomic mass is 9.94. The average Bonchev–Trinajstić information content (AvgIpc) is 2.38. The first kappa shape index (κ1) is 14.3. The third-order valence-electron chi connectivity index (χ3n) is 3.71. The van der Waals surface area contributed by atoms with Crippen LogP contribution in [0.1, 0.15) is 58.6 Å². The van der Waals surface area contributed by atoms with E-state index in [9.17, 15) is 0 Å². The fourth-order valence-electron chi connectivity index (χ4n) is 2.88. The molecule has 0 saturated carbocycles. The van der Waals surface area contributed by atoms with Crippen molar-refractivity contribution in [1.82, 2.24) is 9.88 Å². The van der Waals surface area contributed by atoms with E-state index in [1.54, 1.807) is 0 Å². The van der Waals surface area contributed by atoms with E-state index in [1.807, 2.05) is 12.3 Å². The number of pyridine rings is 1. The van der Waals surface area contributed by atoms with Crippen LogP contribution in [0, 0.1) is 0 Å². The Morgan fingerprint density at radius 2 is 2.05 bits per heavy atom. The number of aromatic nitrogens is 1. The van der Waals surface area contributed by atoms with Gasteiger partial charge in [0.05, 0.1) is 6.10 Å². The third kappa shape index (κ3) is 3.47. The van der Waals surface area contributed by atoms with Crippen molar-refractivity contribution in [3.05, 3.63) is 23.9 Å². The summed E-state index contributed by atoms with van der Waals surface area (Å²) in [6.45, 7) is 9.84. The summed E-state index contributed by atoms with van der Waals surface area (Å²) < 4.78 is 5.89. The van der Waals surface area contributed by atoms with E-state index in [-0.39, 0.29) is 6.10 Å². The summed E-state index contributed by atoms with van der Waals surface area (Å²) in [7, 11) is 0. The minimum absolute atomic E-state index is 0.171. The van der Waals surface area contributed by atoms with Crippen LogP contribution < -0.4 is 4.74 Å². The standard InChI is InChI=1S/C16H26N2O/c1-12(2)18-11-6-5-9-15(18)14-8-7-10-17-16(14)19-13(3)4/h7-8,10,12-13,15H,5-6,9,11H2,1-4H3/t15-/m1/s1. The third-order valence-corrected chi connectivity index (χ3v) is 3.71. The number of rotatable bonds is 4. The van der Waals surface area contributed by atoms with Gasteiger partial charge in [0.1, 0.15) is 0 Å². The molecule has 0 aromatic carbocycles. The summed E-state index contributed by atoms with van der Waals surface area (Å²) in [6, 6.07) is 5.22. The van der Waals surface area contributed by atoms with Gasteiger partial charge in [-0.05, 0) is 53.1 Å². The van der Waals surface area contributed by atoms with Gasteiger partial charge < -0.3 is 4.74 Å². The Hall–Kier alpha value is -1.09. The first-order chi connectivity index (χ1) is 9.09. The molecule has 0 amide bonds. The van der Waals surface area contributed by atoms with Crippen molar-refractivity contribution in [3.63, 3.8) is 0 Å². The van der Waals surface area contributed by atoms with Crippen LogP contribution in [-0.4, -0.2) is 28.6 Å². The monoisotopic (exact) mass is 262 g/mol. The summed E-state index contributed by atoms with van der Waals surface area (Å²) >= 11 is 0. The van der Waals surface area contributed by atoms with E-state index in [0.29, 0.717) is 12.1 Å². The van der Waals surface area contributed by atoms with Crippen molar-refractivity contribution in [2.75, 3.05) is 6.54 Å². The normalized spacial score (nSPS) is 21.1. The van der Waals surface area contributed by atoms with E-state index < -0.39 is 0 Å². The molecule has 3 heteroatoms. The van der Waals surface area contributed by atoms with Crippen LogP contribution in [0.2, 0.25) is 0 Å². The highest BCUT2D eigenvalue weighted by Gasteiger charge is 2.28. The van der Waals surface area contributed by atoms with Gasteiger partial charge in [-0.15, -0.1) is 0 Å². The Labute approximate surface area is 117 Å². The molecule has 1 saturated heterocycles. The predicted molar refractivity (Wildman–Crippen MR) is 78.4 cm³/mol. The minimum atomic E-state index is 0.171. The molecule has 0 aliphatic carbocycles. The lowest BCUT2D eigenvalue weighted by Crippen LogP contribution is -2.38. The Bertz CT molecular complexity index is 403. The molecule has 0 bridgehead atoms. The van der Waals surface area contributed by atoms with E-state index in [1.165, 1.54) is 31.4 Å². The van der Waals surface area contributed by atoms with Crippen LogP contribution in [0.25, 0.3) is 0 Å². The van der Waals surface area contributed by atoms with Crippen LogP contribution in [0.3, 0.4) is 0 Å². The van der Waals surface area contributed by atoms with E-state index in [0.717, 1.165) is 5.88 Å². The molecular weight excluding hydrogens is 236 g/mol. The Kier molecular flexibility index (Phi) is 4.81. The number of piperidine rings is 1. The molecule has 2 rings (SSSR count). The van der Waals surface area contributed by atoms with Gasteiger partial charge in [-0.3, -0.25) is 4.90 Å². The minimum Gasteiger partial charge on any atom is -0.475 e. The summed E-state index contributed by atoms with van der Waals surface area (Å²) in [5.41, 5.74) is 1.25. The number of nitrogens with zero attached hydrogens (tertiary/aromatic N) is 2. The Morgan fingerprint density at radius 3 is 2.74 bits per heavy atom. The zero-order valence-corrected chi connectivity index (χ0v) is 12.6. The molecule has 2 heterocycles. The quantitative estimate of drug-likeness (QED) is 0.825. The first-order valence-corrected chi connectivity index (χ1v) is 7.47. The van der Waals surface area contributed by atoms with Gasteiger partial charge in [0, 0.05) is 23.8 Å². The summed E-state index contributed by atoms with van der Waals surface area (Å²) in [4.78, 5) is 7.02. The SMILES string of the molecule is CC(C)Oc1ncccc1[C@H]1CCCCN1C(C)C. The van der Waals surface area contributed by atoms with Crippen LogP contribution >= 0.6 is 0 Å². The maximum absolute atomic E-state index is 5.89. The number of hydrogen-bond acceptors (Lipinski definition) is 3. The summed E-state index contributed by atoms with van der Waals surface area (Å²) in [5, 5.41) is 0. The average molecular weight is 262 g/mol. The second-order valence-electron chi connectivity index (χ2n) is 5.91. The van der Waals surface area contributed by atoms with Crippen LogP contribution in [-0.2, 0) is 0 Å². The Balaban J connectivity index is 2.28. The molecular formula is C16H26N2O. The Morgan fingerprint density at radius 1 is 1.26 bits per heavy atom. The molecule has 1 aliphatic heterocycles. The molecule has 106 valence electrons. The van der Waals surface area contributed by atoms with Crippen molar-refractivity contribution in [2.45, 2.75) is 65.1 Å². The first-order valence-electron chi connectivity index (χ1n) is 7.47. The van der Waals surface area contributed by atoms with Gasteiger partial charge in [-0.1, -0.05) is 12.5 Å². The van der Waals surface area contributed by atoms with Gasteiger partial charge in [0.2, 0.25) is 5.88 Å². The van der Waals surface area contributed by atoms with Crippen molar-refractivity contribution in [3.8, 4) is 5.88 Å². The highest BCUT2D eigenvalue weighted by atomic mass is 16.5. The van der Waals surface area contributed by atoms with Crippen LogP contribution in [0.4, 0.5) is 0 Å². The molecule has 0 radical (unpaired) electrons. The van der Waals surface area contributed by atoms with Gasteiger partial charge in [0.15, 0.2) is 0 Å². The van der Waals surface area contributed by atoms with E-state index in [2.05, 4.69) is 43.6 Å².